The molecule has 0 unspecified atom stereocenters. The van der Waals surface area contributed by atoms with E-state index in [1.807, 2.05) is 40.6 Å². The van der Waals surface area contributed by atoms with Gasteiger partial charge in [-0.15, -0.1) is 0 Å². The Morgan fingerprint density at radius 3 is 2.50 bits per heavy atom. The minimum Gasteiger partial charge on any atom is -0.496 e. The van der Waals surface area contributed by atoms with Gasteiger partial charge in [-0.3, -0.25) is 4.68 Å². The Labute approximate surface area is 166 Å². The fourth-order valence-electron chi connectivity index (χ4n) is 3.18. The number of hydrogen-bond acceptors (Lipinski definition) is 5. The molecule has 3 rings (SSSR count). The van der Waals surface area contributed by atoms with E-state index < -0.39 is 0 Å². The van der Waals surface area contributed by atoms with Gasteiger partial charge in [0.25, 0.3) is 0 Å². The van der Waals surface area contributed by atoms with Crippen LogP contribution in [0.25, 0.3) is 11.5 Å². The van der Waals surface area contributed by atoms with E-state index in [0.29, 0.717) is 19.6 Å². The molecular formula is C21H29N5O2. The summed E-state index contributed by atoms with van der Waals surface area (Å²) in [5.74, 6) is 2.39. The topological polar surface area (TPSA) is 67.0 Å². The van der Waals surface area contributed by atoms with Gasteiger partial charge < -0.3 is 9.47 Å². The number of hydrogen-bond donors (Lipinski definition) is 0. The second-order valence-electron chi connectivity index (χ2n) is 7.81. The fraction of sp³-hybridized carbons (Fsp3) is 0.476. The van der Waals surface area contributed by atoms with E-state index in [2.05, 4.69) is 31.9 Å². The molecule has 0 bridgehead atoms. The number of rotatable bonds is 7. The van der Waals surface area contributed by atoms with Crippen LogP contribution in [0.5, 0.6) is 5.75 Å². The third-order valence-corrected chi connectivity index (χ3v) is 4.46. The molecule has 0 aliphatic rings. The second-order valence-corrected chi connectivity index (χ2v) is 7.81. The lowest BCUT2D eigenvalue weighted by molar-refractivity contribution is 0.183. The summed E-state index contributed by atoms with van der Waals surface area (Å²) < 4.78 is 14.7. The van der Waals surface area contributed by atoms with Crippen molar-refractivity contribution in [3.05, 3.63) is 47.4 Å². The van der Waals surface area contributed by atoms with E-state index in [1.54, 1.807) is 14.2 Å². The van der Waals surface area contributed by atoms with Gasteiger partial charge in [0.15, 0.2) is 11.6 Å². The van der Waals surface area contributed by atoms with Crippen molar-refractivity contribution < 1.29 is 9.47 Å². The lowest BCUT2D eigenvalue weighted by atomic mass is 10.1. The number of aryl methyl sites for hydroxylation is 1. The Kier molecular flexibility index (Phi) is 5.84. The maximum absolute atomic E-state index is 5.47. The van der Waals surface area contributed by atoms with Crippen LogP contribution in [0.1, 0.15) is 37.9 Å². The van der Waals surface area contributed by atoms with Crippen molar-refractivity contribution in [3.63, 3.8) is 0 Å². The first kappa shape index (κ1) is 20.1. The first-order valence-corrected chi connectivity index (χ1v) is 9.45. The number of methoxy groups -OCH3 is 2. The zero-order valence-electron chi connectivity index (χ0n) is 17.6. The zero-order chi connectivity index (χ0) is 20.3. The highest BCUT2D eigenvalue weighted by molar-refractivity contribution is 5.52. The van der Waals surface area contributed by atoms with Crippen LogP contribution in [0.2, 0.25) is 0 Å². The molecule has 3 aromatic rings. The molecule has 0 amide bonds. The fourth-order valence-corrected chi connectivity index (χ4v) is 3.18. The van der Waals surface area contributed by atoms with Crippen LogP contribution in [0.15, 0.2) is 30.3 Å². The summed E-state index contributed by atoms with van der Waals surface area (Å²) in [6.45, 7) is 9.58. The molecular weight excluding hydrogens is 354 g/mol. The number of ether oxygens (including phenoxy) is 2. The van der Waals surface area contributed by atoms with Gasteiger partial charge in [-0.25, -0.2) is 9.67 Å². The molecule has 150 valence electrons. The Morgan fingerprint density at radius 1 is 1.07 bits per heavy atom. The van der Waals surface area contributed by atoms with Gasteiger partial charge in [-0.1, -0.05) is 18.2 Å². The van der Waals surface area contributed by atoms with Crippen molar-refractivity contribution in [2.75, 3.05) is 20.8 Å². The van der Waals surface area contributed by atoms with Crippen LogP contribution in [0.4, 0.5) is 0 Å². The van der Waals surface area contributed by atoms with Gasteiger partial charge in [0.2, 0.25) is 0 Å². The molecule has 0 aliphatic carbocycles. The van der Waals surface area contributed by atoms with E-state index in [1.165, 1.54) is 0 Å². The molecule has 0 saturated carbocycles. The summed E-state index contributed by atoms with van der Waals surface area (Å²) in [5, 5.41) is 9.44. The number of aromatic nitrogens is 5. The van der Waals surface area contributed by atoms with Crippen molar-refractivity contribution in [1.82, 2.24) is 24.5 Å². The van der Waals surface area contributed by atoms with Crippen LogP contribution < -0.4 is 4.74 Å². The summed E-state index contributed by atoms with van der Waals surface area (Å²) >= 11 is 0. The van der Waals surface area contributed by atoms with E-state index >= 15 is 0 Å². The Hall–Kier alpha value is -2.67. The molecule has 0 atom stereocenters. The van der Waals surface area contributed by atoms with E-state index in [-0.39, 0.29) is 5.54 Å². The predicted octanol–water partition coefficient (Wildman–Crippen LogP) is 3.45. The molecule has 0 radical (unpaired) electrons. The molecule has 0 N–H and O–H groups in total. The van der Waals surface area contributed by atoms with Crippen molar-refractivity contribution in [1.29, 1.82) is 0 Å². The molecule has 0 spiro atoms. The standard InChI is InChI=1S/C21H29N5O2/c1-15-13-17(26(23-15)21(2,3)4)20-22-19(24-25(20)11-12-27-5)14-16-9-7-8-10-18(16)28-6/h7-10,13H,11-12,14H2,1-6H3. The maximum Gasteiger partial charge on any atom is 0.176 e. The minimum absolute atomic E-state index is 0.162. The predicted molar refractivity (Wildman–Crippen MR) is 109 cm³/mol. The first-order chi connectivity index (χ1) is 13.3. The molecule has 0 aliphatic heterocycles. The molecule has 7 nitrogen and oxygen atoms in total. The van der Waals surface area contributed by atoms with Gasteiger partial charge in [0.05, 0.1) is 31.5 Å². The van der Waals surface area contributed by atoms with Crippen molar-refractivity contribution in [3.8, 4) is 17.3 Å². The van der Waals surface area contributed by atoms with Gasteiger partial charge in [0.1, 0.15) is 11.4 Å². The molecule has 0 fully saturated rings. The lowest BCUT2D eigenvalue weighted by Gasteiger charge is -2.22. The zero-order valence-corrected chi connectivity index (χ0v) is 17.6. The van der Waals surface area contributed by atoms with E-state index in [0.717, 1.165) is 34.3 Å². The van der Waals surface area contributed by atoms with Gasteiger partial charge in [0, 0.05) is 19.1 Å². The van der Waals surface area contributed by atoms with Crippen molar-refractivity contribution in [2.45, 2.75) is 46.2 Å². The SMILES string of the molecule is COCCn1nc(Cc2ccccc2OC)nc1-c1cc(C)nn1C(C)(C)C. The summed E-state index contributed by atoms with van der Waals surface area (Å²) in [6.07, 6.45) is 0.597. The summed E-state index contributed by atoms with van der Waals surface area (Å²) in [6, 6.07) is 10.0. The van der Waals surface area contributed by atoms with Crippen LogP contribution in [0.3, 0.4) is 0 Å². The molecule has 28 heavy (non-hydrogen) atoms. The lowest BCUT2D eigenvalue weighted by Crippen LogP contribution is -2.25. The maximum atomic E-state index is 5.47. The van der Waals surface area contributed by atoms with Crippen LogP contribution in [0, 0.1) is 6.92 Å². The van der Waals surface area contributed by atoms with Crippen molar-refractivity contribution in [2.24, 2.45) is 0 Å². The normalized spacial score (nSPS) is 11.8. The summed E-state index contributed by atoms with van der Waals surface area (Å²) in [5.41, 5.74) is 2.81. The van der Waals surface area contributed by atoms with Crippen LogP contribution in [-0.2, 0) is 23.2 Å². The molecule has 2 heterocycles. The highest BCUT2D eigenvalue weighted by Gasteiger charge is 2.24. The Bertz CT molecular complexity index is 937. The highest BCUT2D eigenvalue weighted by Crippen LogP contribution is 2.27. The smallest absolute Gasteiger partial charge is 0.176 e. The van der Waals surface area contributed by atoms with E-state index in [9.17, 15) is 0 Å². The third kappa shape index (κ3) is 4.25. The number of nitrogens with zero attached hydrogens (tertiary/aromatic N) is 5. The second kappa shape index (κ2) is 8.14. The first-order valence-electron chi connectivity index (χ1n) is 9.45. The Balaban J connectivity index is 2.04. The van der Waals surface area contributed by atoms with Gasteiger partial charge in [-0.05, 0) is 39.8 Å². The summed E-state index contributed by atoms with van der Waals surface area (Å²) in [7, 11) is 3.37. The van der Waals surface area contributed by atoms with Crippen molar-refractivity contribution >= 4 is 0 Å². The molecule has 7 heteroatoms. The number of benzene rings is 1. The Morgan fingerprint density at radius 2 is 1.82 bits per heavy atom. The minimum atomic E-state index is -0.162. The highest BCUT2D eigenvalue weighted by atomic mass is 16.5. The third-order valence-electron chi connectivity index (χ3n) is 4.46. The van der Waals surface area contributed by atoms with Crippen LogP contribution in [-0.4, -0.2) is 45.4 Å². The average Bonchev–Trinajstić information content (AvgIpc) is 3.23. The molecule has 2 aromatic heterocycles. The molecule has 0 saturated heterocycles. The van der Waals surface area contributed by atoms with E-state index in [4.69, 9.17) is 19.6 Å². The largest absolute Gasteiger partial charge is 0.496 e. The van der Waals surface area contributed by atoms with Gasteiger partial charge in [-0.2, -0.15) is 10.2 Å². The number of para-hydroxylation sites is 1. The van der Waals surface area contributed by atoms with Gasteiger partial charge >= 0.3 is 0 Å². The quantitative estimate of drug-likeness (QED) is 0.625. The monoisotopic (exact) mass is 383 g/mol. The average molecular weight is 383 g/mol. The summed E-state index contributed by atoms with van der Waals surface area (Å²) in [4.78, 5) is 4.87. The van der Waals surface area contributed by atoms with Crippen LogP contribution >= 0.6 is 0 Å². The molecule has 1 aromatic carbocycles.